The summed E-state index contributed by atoms with van der Waals surface area (Å²) < 4.78 is 5.73. The highest BCUT2D eigenvalue weighted by atomic mass is 127. The third-order valence-electron chi connectivity index (χ3n) is 7.35. The van der Waals surface area contributed by atoms with Crippen LogP contribution in [0.5, 0.6) is 0 Å². The van der Waals surface area contributed by atoms with Gasteiger partial charge in [0, 0.05) is 67.1 Å². The minimum atomic E-state index is -0.637. The van der Waals surface area contributed by atoms with Crippen molar-refractivity contribution in [3.05, 3.63) is 36.0 Å². The van der Waals surface area contributed by atoms with Crippen molar-refractivity contribution in [1.29, 1.82) is 0 Å². The van der Waals surface area contributed by atoms with E-state index in [1.54, 1.807) is 12.1 Å². The van der Waals surface area contributed by atoms with E-state index in [-0.39, 0.29) is 29.0 Å². The quantitative estimate of drug-likeness (QED) is 0.308. The van der Waals surface area contributed by atoms with E-state index in [2.05, 4.69) is 50.1 Å². The average Bonchev–Trinajstić information content (AvgIpc) is 3.64. The van der Waals surface area contributed by atoms with Crippen LogP contribution in [-0.4, -0.2) is 113 Å². The lowest BCUT2D eigenvalue weighted by atomic mass is 9.98. The monoisotopic (exact) mass is 635 g/mol. The SMILES string of the molecule is CN1CCN(C(=O)C2(c3cc(N4CCOCC4)nc(-c4ccc(NC(=O)NCCO)cc4)n3)CC2I)CC1. The number of amides is 3. The van der Waals surface area contributed by atoms with E-state index in [1.807, 2.05) is 23.1 Å². The highest BCUT2D eigenvalue weighted by molar-refractivity contribution is 14.1. The number of anilines is 2. The first-order chi connectivity index (χ1) is 18.4. The highest BCUT2D eigenvalue weighted by Crippen LogP contribution is 2.55. The van der Waals surface area contributed by atoms with E-state index in [1.165, 1.54) is 0 Å². The molecule has 0 radical (unpaired) electrons. The number of ether oxygens (including phenoxy) is 1. The molecule has 2 saturated heterocycles. The number of nitrogens with one attached hydrogen (secondary N) is 2. The van der Waals surface area contributed by atoms with Crippen LogP contribution >= 0.6 is 22.6 Å². The molecule has 1 aromatic heterocycles. The van der Waals surface area contributed by atoms with E-state index in [4.69, 9.17) is 19.8 Å². The van der Waals surface area contributed by atoms with Gasteiger partial charge in [0.1, 0.15) is 11.2 Å². The number of benzene rings is 1. The average molecular weight is 636 g/mol. The van der Waals surface area contributed by atoms with Crippen LogP contribution in [0.4, 0.5) is 16.3 Å². The zero-order chi connectivity index (χ0) is 26.7. The summed E-state index contributed by atoms with van der Waals surface area (Å²) >= 11 is 2.39. The summed E-state index contributed by atoms with van der Waals surface area (Å²) in [4.78, 5) is 42.2. The van der Waals surface area contributed by atoms with Crippen LogP contribution in [0.3, 0.4) is 0 Å². The molecule has 12 heteroatoms. The molecule has 3 heterocycles. The molecule has 1 aromatic carbocycles. The lowest BCUT2D eigenvalue weighted by Crippen LogP contribution is -2.51. The van der Waals surface area contributed by atoms with Crippen LogP contribution in [-0.2, 0) is 14.9 Å². The largest absolute Gasteiger partial charge is 0.395 e. The van der Waals surface area contributed by atoms with Crippen molar-refractivity contribution >= 4 is 46.0 Å². The number of aromatic nitrogens is 2. The minimum Gasteiger partial charge on any atom is -0.395 e. The van der Waals surface area contributed by atoms with Crippen molar-refractivity contribution < 1.29 is 19.4 Å². The Bertz CT molecular complexity index is 1150. The van der Waals surface area contributed by atoms with Gasteiger partial charge < -0.3 is 35.2 Å². The minimum absolute atomic E-state index is 0.123. The van der Waals surface area contributed by atoms with Crippen LogP contribution in [0.1, 0.15) is 12.1 Å². The first-order valence-electron chi connectivity index (χ1n) is 13.0. The molecular weight excluding hydrogens is 601 g/mol. The Kier molecular flexibility index (Phi) is 8.31. The van der Waals surface area contributed by atoms with Gasteiger partial charge in [-0.15, -0.1) is 0 Å². The van der Waals surface area contributed by atoms with E-state index in [9.17, 15) is 9.59 Å². The van der Waals surface area contributed by atoms with Crippen molar-refractivity contribution in [1.82, 2.24) is 25.1 Å². The van der Waals surface area contributed by atoms with Gasteiger partial charge in [-0.25, -0.2) is 14.8 Å². The molecule has 3 aliphatic rings. The van der Waals surface area contributed by atoms with Crippen LogP contribution < -0.4 is 15.5 Å². The maximum Gasteiger partial charge on any atom is 0.319 e. The van der Waals surface area contributed by atoms with Gasteiger partial charge in [0.25, 0.3) is 0 Å². The number of nitrogens with zero attached hydrogens (tertiary/aromatic N) is 5. The normalized spacial score (nSPS) is 23.7. The van der Waals surface area contributed by atoms with Crippen molar-refractivity contribution in [2.24, 2.45) is 0 Å². The highest BCUT2D eigenvalue weighted by Gasteiger charge is 2.62. The van der Waals surface area contributed by atoms with Crippen LogP contribution in [0.25, 0.3) is 11.4 Å². The molecule has 5 rings (SSSR count). The lowest BCUT2D eigenvalue weighted by molar-refractivity contribution is -0.135. The van der Waals surface area contributed by atoms with Crippen LogP contribution in [0.15, 0.2) is 30.3 Å². The Morgan fingerprint density at radius 1 is 1.11 bits per heavy atom. The maximum atomic E-state index is 13.9. The number of hydrogen-bond donors (Lipinski definition) is 3. The summed E-state index contributed by atoms with van der Waals surface area (Å²) in [5.41, 5.74) is 1.56. The van der Waals surface area contributed by atoms with E-state index < -0.39 is 5.41 Å². The maximum absolute atomic E-state index is 13.9. The number of likely N-dealkylation sites (N-methyl/N-ethyl adjacent to an activating group) is 1. The molecule has 204 valence electrons. The summed E-state index contributed by atoms with van der Waals surface area (Å²) in [6, 6.07) is 8.94. The number of piperazine rings is 1. The molecule has 3 N–H and O–H groups in total. The lowest BCUT2D eigenvalue weighted by Gasteiger charge is -2.35. The fourth-order valence-electron chi connectivity index (χ4n) is 4.91. The molecular formula is C26H34IN7O4. The molecule has 1 saturated carbocycles. The molecule has 2 aliphatic heterocycles. The number of aliphatic hydroxyl groups excluding tert-OH is 1. The second-order valence-corrected chi connectivity index (χ2v) is 11.5. The Labute approximate surface area is 236 Å². The smallest absolute Gasteiger partial charge is 0.319 e. The Morgan fingerprint density at radius 3 is 2.42 bits per heavy atom. The van der Waals surface area contributed by atoms with Crippen LogP contribution in [0, 0.1) is 0 Å². The number of alkyl halides is 1. The van der Waals surface area contributed by atoms with Gasteiger partial charge in [-0.1, -0.05) is 22.6 Å². The number of morpholine rings is 1. The number of hydrogen-bond acceptors (Lipinski definition) is 8. The predicted octanol–water partition coefficient (Wildman–Crippen LogP) is 1.31. The summed E-state index contributed by atoms with van der Waals surface area (Å²) in [7, 11) is 2.09. The number of urea groups is 1. The Morgan fingerprint density at radius 2 is 1.79 bits per heavy atom. The fourth-order valence-corrected chi connectivity index (χ4v) is 6.19. The summed E-state index contributed by atoms with van der Waals surface area (Å²) in [5, 5.41) is 14.2. The zero-order valence-electron chi connectivity index (χ0n) is 21.5. The predicted molar refractivity (Wildman–Crippen MR) is 153 cm³/mol. The van der Waals surface area contributed by atoms with Crippen molar-refractivity contribution in [3.63, 3.8) is 0 Å². The Hall–Kier alpha value is -2.55. The molecule has 11 nitrogen and oxygen atoms in total. The van der Waals surface area contributed by atoms with Gasteiger partial charge in [-0.05, 0) is 37.7 Å². The van der Waals surface area contributed by atoms with Gasteiger partial charge in [-0.3, -0.25) is 4.79 Å². The van der Waals surface area contributed by atoms with Crippen molar-refractivity contribution in [2.45, 2.75) is 15.8 Å². The van der Waals surface area contributed by atoms with Gasteiger partial charge in [0.15, 0.2) is 5.82 Å². The third kappa shape index (κ3) is 5.72. The summed E-state index contributed by atoms with van der Waals surface area (Å²) in [5.74, 6) is 1.53. The van der Waals surface area contributed by atoms with Gasteiger partial charge in [0.05, 0.1) is 25.5 Å². The first kappa shape index (κ1) is 27.0. The molecule has 0 spiro atoms. The molecule has 3 fully saturated rings. The second kappa shape index (κ2) is 11.7. The number of carbonyl (C=O) groups is 2. The second-order valence-electron chi connectivity index (χ2n) is 9.95. The van der Waals surface area contributed by atoms with Crippen LogP contribution in [0.2, 0.25) is 0 Å². The summed E-state index contributed by atoms with van der Waals surface area (Å²) in [6.07, 6.45) is 0.767. The van der Waals surface area contributed by atoms with Crippen molar-refractivity contribution in [2.75, 3.05) is 82.9 Å². The topological polar surface area (TPSA) is 123 Å². The Balaban J connectivity index is 1.46. The third-order valence-corrected chi connectivity index (χ3v) is 8.85. The molecule has 2 unspecified atom stereocenters. The van der Waals surface area contributed by atoms with Gasteiger partial charge >= 0.3 is 6.03 Å². The van der Waals surface area contributed by atoms with E-state index in [0.29, 0.717) is 24.7 Å². The van der Waals surface area contributed by atoms with Crippen molar-refractivity contribution in [3.8, 4) is 11.4 Å². The van der Waals surface area contributed by atoms with Gasteiger partial charge in [0.2, 0.25) is 5.91 Å². The molecule has 2 atom stereocenters. The molecule has 38 heavy (non-hydrogen) atoms. The molecule has 3 amide bonds. The number of carbonyl (C=O) groups excluding carboxylic acids is 2. The standard InChI is InChI=1S/C26H34IN7O4/c1-32-7-9-34(10-8-32)24(36)26(17-20(26)27)21-16-22(33-11-14-38-15-12-33)31-23(30-21)18-2-4-19(5-3-18)29-25(37)28-6-13-35/h2-5,16,20,35H,6-15,17H2,1H3,(H2,28,29,37). The van der Waals surface area contributed by atoms with Gasteiger partial charge in [-0.2, -0.15) is 0 Å². The number of halogens is 1. The van der Waals surface area contributed by atoms with E-state index >= 15 is 0 Å². The zero-order valence-corrected chi connectivity index (χ0v) is 23.7. The summed E-state index contributed by atoms with van der Waals surface area (Å²) in [6.45, 7) is 6.00. The first-order valence-corrected chi connectivity index (χ1v) is 14.3. The fraction of sp³-hybridized carbons (Fsp3) is 0.538. The van der Waals surface area contributed by atoms with E-state index in [0.717, 1.165) is 62.8 Å². The molecule has 1 aliphatic carbocycles. The molecule has 2 aromatic rings. The number of rotatable bonds is 7. The molecule has 0 bridgehead atoms. The number of aliphatic hydroxyl groups is 1.